The first-order valence-corrected chi connectivity index (χ1v) is 26.0. The molecule has 0 saturated carbocycles. The van der Waals surface area contributed by atoms with E-state index in [9.17, 15) is 5.11 Å². The summed E-state index contributed by atoms with van der Waals surface area (Å²) in [5, 5.41) is 15.0. The summed E-state index contributed by atoms with van der Waals surface area (Å²) in [6, 6.07) is 69.1. The van der Waals surface area contributed by atoms with Gasteiger partial charge in [-0.1, -0.05) is 209 Å². The number of aromatic hydroxyl groups is 1. The van der Waals surface area contributed by atoms with E-state index < -0.39 is 5.41 Å². The van der Waals surface area contributed by atoms with Gasteiger partial charge >= 0.3 is 0 Å². The summed E-state index contributed by atoms with van der Waals surface area (Å²) in [6.45, 7) is 24.6. The third-order valence-electron chi connectivity index (χ3n) is 15.1. The molecule has 0 aliphatic heterocycles. The number of phenols is 1. The van der Waals surface area contributed by atoms with Crippen LogP contribution in [-0.4, -0.2) is 24.2 Å². The van der Waals surface area contributed by atoms with Crippen LogP contribution in [0.2, 0.25) is 0 Å². The second-order valence-electron chi connectivity index (χ2n) is 23.6. The van der Waals surface area contributed by atoms with Crippen LogP contribution in [0.15, 0.2) is 188 Å². The molecule has 0 radical (unpaired) electrons. The number of aromatic nitrogens is 4. The predicted molar refractivity (Wildman–Crippen MR) is 310 cm³/mol. The van der Waals surface area contributed by atoms with Crippen LogP contribution in [0.1, 0.15) is 104 Å². The van der Waals surface area contributed by atoms with Gasteiger partial charge in [-0.05, 0) is 87.0 Å². The molecule has 0 bridgehead atoms. The van der Waals surface area contributed by atoms with Crippen molar-refractivity contribution in [1.29, 1.82) is 0 Å². The summed E-state index contributed by atoms with van der Waals surface area (Å²) in [5.41, 5.74) is 17.0. The van der Waals surface area contributed by atoms with Gasteiger partial charge in [0.1, 0.15) is 11.6 Å². The van der Waals surface area contributed by atoms with Crippen LogP contribution >= 0.6 is 0 Å². The first-order valence-electron chi connectivity index (χ1n) is 26.0. The first kappa shape index (κ1) is 51.2. The van der Waals surface area contributed by atoms with Crippen LogP contribution in [0.25, 0.3) is 89.1 Å². The normalized spacial score (nSPS) is 12.4. The molecule has 0 atom stereocenters. The van der Waals surface area contributed by atoms with Crippen LogP contribution in [0.5, 0.6) is 5.75 Å². The molecular weight excluding hydrogens is 1100 g/mol. The van der Waals surface area contributed by atoms with Gasteiger partial charge in [-0.2, -0.15) is 0 Å². The SMILES string of the molecule is CC(C)(C)c1ccc(-n2c(-c3cc(C(C)(C)C)cc(C(C)(C)C)c3O)nc3c(-c4[c-]c(-c5nccc6c5c5ccccc5n6-c5ccccc5)cc(C(C)(C)c5ccccc5)c4)cccc32)c(-c2ccccc2)c1.[Pt]. The van der Waals surface area contributed by atoms with Gasteiger partial charge in [0.25, 0.3) is 0 Å². The average Bonchev–Trinajstić information content (AvgIpc) is 3.95. The Morgan fingerprint density at radius 1 is 0.467 bits per heavy atom. The van der Waals surface area contributed by atoms with Gasteiger partial charge < -0.3 is 9.67 Å². The number of imidazole rings is 1. The summed E-state index contributed by atoms with van der Waals surface area (Å²) in [5.74, 6) is 0.911. The Kier molecular flexibility index (Phi) is 13.0. The standard InChI is InChI=1S/C69H65N4O.Pt/c1-66(2,3)48-34-35-58(54(41-48)44-24-15-12-16-25-44)73-60-33-23-31-52(63(60)71-65(73)55-42-49(67(4,5)6)43-56(64(55)74)68(7,8)9)45-38-46(40-50(39-45)69(10,11)47-26-17-13-18-27-47)62-61-53-30-21-22-32-57(53)72(59(61)36-37-70-62)51-28-19-14-20-29-51;/h12-37,39-43,74H,1-11H3;/q-1;. The van der Waals surface area contributed by atoms with Gasteiger partial charge in [-0.3, -0.25) is 9.55 Å². The second-order valence-corrected chi connectivity index (χ2v) is 23.6. The van der Waals surface area contributed by atoms with Crippen molar-refractivity contribution in [3.05, 3.63) is 222 Å². The summed E-state index contributed by atoms with van der Waals surface area (Å²) < 4.78 is 4.64. The van der Waals surface area contributed by atoms with E-state index in [4.69, 9.17) is 9.97 Å². The Morgan fingerprint density at radius 2 is 1.08 bits per heavy atom. The molecule has 11 aromatic rings. The molecular formula is C69H65N4OPt-. The molecule has 0 aliphatic carbocycles. The monoisotopic (exact) mass is 1160 g/mol. The molecule has 0 fully saturated rings. The molecule has 378 valence electrons. The van der Waals surface area contributed by atoms with E-state index in [1.807, 2.05) is 6.20 Å². The molecule has 3 heterocycles. The van der Waals surface area contributed by atoms with Gasteiger partial charge in [-0.25, -0.2) is 4.98 Å². The van der Waals surface area contributed by atoms with Crippen molar-refractivity contribution in [3.8, 4) is 62.0 Å². The van der Waals surface area contributed by atoms with E-state index in [2.05, 4.69) is 273 Å². The molecule has 1 N–H and O–H groups in total. The van der Waals surface area contributed by atoms with Gasteiger partial charge in [0.2, 0.25) is 0 Å². The maximum atomic E-state index is 12.8. The number of hydrogen-bond acceptors (Lipinski definition) is 3. The Labute approximate surface area is 457 Å². The molecule has 6 heteroatoms. The van der Waals surface area contributed by atoms with Crippen molar-refractivity contribution < 1.29 is 26.2 Å². The number of nitrogens with zero attached hydrogens (tertiary/aromatic N) is 4. The number of pyridine rings is 1. The Balaban J connectivity index is 0.00000641. The van der Waals surface area contributed by atoms with Gasteiger partial charge in [0.15, 0.2) is 0 Å². The van der Waals surface area contributed by atoms with Crippen molar-refractivity contribution in [1.82, 2.24) is 19.1 Å². The molecule has 5 nitrogen and oxygen atoms in total. The number of para-hydroxylation sites is 3. The second kappa shape index (κ2) is 19.1. The van der Waals surface area contributed by atoms with E-state index >= 15 is 0 Å². The molecule has 0 aliphatic rings. The molecule has 0 spiro atoms. The molecule has 8 aromatic carbocycles. The maximum Gasteiger partial charge on any atom is 0.148 e. The molecule has 0 unspecified atom stereocenters. The zero-order valence-corrected chi connectivity index (χ0v) is 47.2. The third-order valence-corrected chi connectivity index (χ3v) is 15.1. The van der Waals surface area contributed by atoms with Gasteiger partial charge in [0.05, 0.1) is 33.3 Å². The van der Waals surface area contributed by atoms with E-state index in [1.54, 1.807) is 0 Å². The van der Waals surface area contributed by atoms with Crippen LogP contribution in [0, 0.1) is 6.07 Å². The Hall–Kier alpha value is -7.33. The fourth-order valence-electron chi connectivity index (χ4n) is 10.8. The molecule has 75 heavy (non-hydrogen) atoms. The van der Waals surface area contributed by atoms with Crippen LogP contribution < -0.4 is 0 Å². The minimum atomic E-state index is -0.411. The predicted octanol–water partition coefficient (Wildman–Crippen LogP) is 17.9. The van der Waals surface area contributed by atoms with Crippen LogP contribution in [0.4, 0.5) is 0 Å². The van der Waals surface area contributed by atoms with Crippen LogP contribution in [-0.2, 0) is 42.7 Å². The fraction of sp³-hybridized carbons (Fsp3) is 0.217. The quantitative estimate of drug-likeness (QED) is 0.154. The molecule has 0 amide bonds. The number of hydrogen-bond donors (Lipinski definition) is 1. The Morgan fingerprint density at radius 3 is 1.76 bits per heavy atom. The summed E-state index contributed by atoms with van der Waals surface area (Å²) >= 11 is 0. The fourth-order valence-corrected chi connectivity index (χ4v) is 10.8. The van der Waals surface area contributed by atoms with Crippen molar-refractivity contribution in [2.75, 3.05) is 0 Å². The summed E-state index contributed by atoms with van der Waals surface area (Å²) in [4.78, 5) is 11.1. The van der Waals surface area contributed by atoms with Crippen LogP contribution in [0.3, 0.4) is 0 Å². The minimum absolute atomic E-state index is 0. The number of rotatable bonds is 8. The number of phenolic OH excluding ortho intramolecular Hbond substituents is 1. The zero-order chi connectivity index (χ0) is 51.9. The number of benzene rings is 8. The first-order chi connectivity index (χ1) is 35.3. The smallest absolute Gasteiger partial charge is 0.148 e. The number of fused-ring (bicyclic) bond motifs is 4. The summed E-state index contributed by atoms with van der Waals surface area (Å²) in [7, 11) is 0. The van der Waals surface area contributed by atoms with Crippen molar-refractivity contribution in [2.24, 2.45) is 0 Å². The van der Waals surface area contributed by atoms with E-state index in [-0.39, 0.29) is 43.1 Å². The summed E-state index contributed by atoms with van der Waals surface area (Å²) in [6.07, 6.45) is 1.94. The Bertz CT molecular complexity index is 3920. The minimum Gasteiger partial charge on any atom is -0.507 e. The van der Waals surface area contributed by atoms with Gasteiger partial charge in [-0.15, -0.1) is 29.3 Å². The average molecular weight is 1160 g/mol. The van der Waals surface area contributed by atoms with E-state index in [0.29, 0.717) is 11.4 Å². The van der Waals surface area contributed by atoms with Crippen molar-refractivity contribution >= 4 is 32.8 Å². The van der Waals surface area contributed by atoms with Crippen molar-refractivity contribution in [2.45, 2.75) is 97.8 Å². The van der Waals surface area contributed by atoms with E-state index in [0.717, 1.165) is 94.4 Å². The topological polar surface area (TPSA) is 55.9 Å². The molecule has 11 rings (SSSR count). The van der Waals surface area contributed by atoms with E-state index in [1.165, 1.54) is 11.1 Å². The molecule has 0 saturated heterocycles. The van der Waals surface area contributed by atoms with Gasteiger partial charge in [0, 0.05) is 66.0 Å². The molecule has 3 aromatic heterocycles. The van der Waals surface area contributed by atoms with Crippen molar-refractivity contribution in [3.63, 3.8) is 0 Å². The third kappa shape index (κ3) is 9.14. The largest absolute Gasteiger partial charge is 0.507 e. The maximum absolute atomic E-state index is 12.8. The zero-order valence-electron chi connectivity index (χ0n) is 45.0.